The van der Waals surface area contributed by atoms with E-state index in [1.54, 1.807) is 0 Å². The Morgan fingerprint density at radius 2 is 1.81 bits per heavy atom. The molecule has 2 saturated heterocycles. The molecule has 2 aromatic rings. The summed E-state index contributed by atoms with van der Waals surface area (Å²) in [7, 11) is 0. The molecular weight excluding hydrogens is 338 g/mol. The van der Waals surface area contributed by atoms with Crippen LogP contribution in [0.15, 0.2) is 30.5 Å². The summed E-state index contributed by atoms with van der Waals surface area (Å²) in [6.07, 6.45) is 7.36. The zero-order chi connectivity index (χ0) is 18.6. The van der Waals surface area contributed by atoms with E-state index in [0.29, 0.717) is 11.7 Å². The molecule has 0 spiro atoms. The van der Waals surface area contributed by atoms with Crippen molar-refractivity contribution in [3.63, 3.8) is 0 Å². The second-order valence-electron chi connectivity index (χ2n) is 7.78. The predicted octanol–water partition coefficient (Wildman–Crippen LogP) is 2.91. The molecule has 1 aromatic carbocycles. The first kappa shape index (κ1) is 18.2. The highest BCUT2D eigenvalue weighted by atomic mass is 16.2. The fourth-order valence-electron chi connectivity index (χ4n) is 4.16. The number of likely N-dealkylation sites (tertiary alicyclic amines) is 2. The molecule has 144 valence electrons. The Morgan fingerprint density at radius 1 is 1.07 bits per heavy atom. The highest BCUT2D eigenvalue weighted by Gasteiger charge is 2.26. The first-order valence-corrected chi connectivity index (χ1v) is 10.2. The Balaban J connectivity index is 1.38. The number of nitrogens with zero attached hydrogens (tertiary/aromatic N) is 5. The highest BCUT2D eigenvalue weighted by molar-refractivity contribution is 5.92. The maximum Gasteiger partial charge on any atom is 0.276 e. The van der Waals surface area contributed by atoms with Gasteiger partial charge in [0.1, 0.15) is 0 Å². The van der Waals surface area contributed by atoms with E-state index in [4.69, 9.17) is 0 Å². The van der Waals surface area contributed by atoms with Crippen LogP contribution < -0.4 is 0 Å². The van der Waals surface area contributed by atoms with Gasteiger partial charge >= 0.3 is 0 Å². The van der Waals surface area contributed by atoms with Crippen LogP contribution in [-0.2, 0) is 13.0 Å². The zero-order valence-electron chi connectivity index (χ0n) is 16.2. The quantitative estimate of drug-likeness (QED) is 0.815. The molecule has 1 atom stereocenters. The molecule has 0 saturated carbocycles. The molecule has 6 heteroatoms. The van der Waals surface area contributed by atoms with Crippen molar-refractivity contribution >= 4 is 5.91 Å². The van der Waals surface area contributed by atoms with Gasteiger partial charge in [0.25, 0.3) is 5.91 Å². The normalized spacial score (nSPS) is 20.9. The van der Waals surface area contributed by atoms with Gasteiger partial charge < -0.3 is 4.90 Å². The third-order valence-corrected chi connectivity index (χ3v) is 5.81. The largest absolute Gasteiger partial charge is 0.337 e. The Labute approximate surface area is 161 Å². The van der Waals surface area contributed by atoms with Crippen molar-refractivity contribution in [2.75, 3.05) is 26.2 Å². The number of benzene rings is 1. The molecule has 2 aliphatic heterocycles. The molecule has 6 nitrogen and oxygen atoms in total. The van der Waals surface area contributed by atoms with Crippen LogP contribution in [0.1, 0.15) is 60.3 Å². The van der Waals surface area contributed by atoms with Crippen molar-refractivity contribution in [1.82, 2.24) is 24.8 Å². The van der Waals surface area contributed by atoms with Crippen molar-refractivity contribution in [2.45, 2.75) is 51.6 Å². The monoisotopic (exact) mass is 367 g/mol. The molecule has 1 aromatic heterocycles. The third kappa shape index (κ3) is 4.21. The Bertz CT molecular complexity index is 763. The van der Waals surface area contributed by atoms with Crippen LogP contribution in [0.25, 0.3) is 0 Å². The first-order valence-electron chi connectivity index (χ1n) is 10.2. The Morgan fingerprint density at radius 3 is 2.56 bits per heavy atom. The third-order valence-electron chi connectivity index (χ3n) is 5.81. The van der Waals surface area contributed by atoms with Gasteiger partial charge in [-0.15, -0.1) is 5.10 Å². The maximum atomic E-state index is 12.5. The van der Waals surface area contributed by atoms with Gasteiger partial charge in [-0.05, 0) is 49.8 Å². The summed E-state index contributed by atoms with van der Waals surface area (Å²) in [5, 5.41) is 8.46. The van der Waals surface area contributed by atoms with Gasteiger partial charge in [-0.2, -0.15) is 0 Å². The van der Waals surface area contributed by atoms with Gasteiger partial charge in [0.2, 0.25) is 0 Å². The van der Waals surface area contributed by atoms with E-state index in [2.05, 4.69) is 46.4 Å². The topological polar surface area (TPSA) is 54.3 Å². The smallest absolute Gasteiger partial charge is 0.276 e. The van der Waals surface area contributed by atoms with E-state index in [1.165, 1.54) is 11.1 Å². The number of carbonyl (C=O) groups is 1. The van der Waals surface area contributed by atoms with E-state index in [1.807, 2.05) is 15.8 Å². The molecule has 27 heavy (non-hydrogen) atoms. The van der Waals surface area contributed by atoms with Gasteiger partial charge in [-0.1, -0.05) is 36.4 Å². The number of hydrogen-bond acceptors (Lipinski definition) is 4. The van der Waals surface area contributed by atoms with Crippen LogP contribution in [0.4, 0.5) is 0 Å². The summed E-state index contributed by atoms with van der Waals surface area (Å²) >= 11 is 0. The van der Waals surface area contributed by atoms with E-state index < -0.39 is 0 Å². The van der Waals surface area contributed by atoms with Crippen LogP contribution in [-0.4, -0.2) is 56.9 Å². The molecule has 0 bridgehead atoms. The van der Waals surface area contributed by atoms with Crippen molar-refractivity contribution in [3.05, 3.63) is 47.3 Å². The molecule has 1 amide bonds. The molecule has 2 aliphatic rings. The molecule has 3 heterocycles. The molecule has 0 unspecified atom stereocenters. The molecule has 4 rings (SSSR count). The Hall–Kier alpha value is -2.21. The molecule has 0 radical (unpaired) electrons. The summed E-state index contributed by atoms with van der Waals surface area (Å²) in [6, 6.07) is 9.23. The molecular formula is C21H29N5O. The van der Waals surface area contributed by atoms with E-state index >= 15 is 0 Å². The van der Waals surface area contributed by atoms with Crippen molar-refractivity contribution in [2.24, 2.45) is 0 Å². The van der Waals surface area contributed by atoms with E-state index in [-0.39, 0.29) is 5.91 Å². The van der Waals surface area contributed by atoms with Gasteiger partial charge in [-0.25, -0.2) is 4.68 Å². The SMILES string of the molecule is CCc1ccc(CN2CCC[C@H](n3cc(C(=O)N4CCCC4)nn3)C2)cc1. The average molecular weight is 367 g/mol. The Kier molecular flexibility index (Phi) is 5.53. The highest BCUT2D eigenvalue weighted by Crippen LogP contribution is 2.23. The predicted molar refractivity (Wildman–Crippen MR) is 105 cm³/mol. The molecule has 0 N–H and O–H groups in total. The van der Waals surface area contributed by atoms with Gasteiger partial charge in [0.05, 0.1) is 12.2 Å². The van der Waals surface area contributed by atoms with Crippen LogP contribution in [0.5, 0.6) is 0 Å². The van der Waals surface area contributed by atoms with Crippen LogP contribution in [0.3, 0.4) is 0 Å². The molecule has 0 aliphatic carbocycles. The first-order chi connectivity index (χ1) is 13.2. The summed E-state index contributed by atoms with van der Waals surface area (Å²) in [5.41, 5.74) is 3.23. The summed E-state index contributed by atoms with van der Waals surface area (Å²) in [4.78, 5) is 16.9. The fourth-order valence-corrected chi connectivity index (χ4v) is 4.16. The number of rotatable bonds is 5. The number of amides is 1. The van der Waals surface area contributed by atoms with Crippen LogP contribution in [0.2, 0.25) is 0 Å². The standard InChI is InChI=1S/C21H29N5O/c1-2-17-7-9-18(10-8-17)14-24-11-5-6-19(15-24)26-16-20(22-23-26)21(27)25-12-3-4-13-25/h7-10,16,19H,2-6,11-15H2,1H3/t19-/m0/s1. The average Bonchev–Trinajstić information content (AvgIpc) is 3.41. The molecule has 2 fully saturated rings. The lowest BCUT2D eigenvalue weighted by Gasteiger charge is -2.32. The second kappa shape index (κ2) is 8.21. The minimum absolute atomic E-state index is 0.0300. The lowest BCUT2D eigenvalue weighted by Crippen LogP contribution is -2.36. The number of carbonyl (C=O) groups excluding carboxylic acids is 1. The van der Waals surface area contributed by atoms with Gasteiger partial charge in [0.15, 0.2) is 5.69 Å². The van der Waals surface area contributed by atoms with Crippen LogP contribution in [0, 0.1) is 0 Å². The van der Waals surface area contributed by atoms with Crippen molar-refractivity contribution in [1.29, 1.82) is 0 Å². The minimum Gasteiger partial charge on any atom is -0.337 e. The van der Waals surface area contributed by atoms with E-state index in [0.717, 1.165) is 64.8 Å². The number of hydrogen-bond donors (Lipinski definition) is 0. The van der Waals surface area contributed by atoms with Crippen LogP contribution >= 0.6 is 0 Å². The fraction of sp³-hybridized carbons (Fsp3) is 0.571. The summed E-state index contributed by atoms with van der Waals surface area (Å²) in [6.45, 7) is 6.91. The summed E-state index contributed by atoms with van der Waals surface area (Å²) in [5.74, 6) is 0.0300. The lowest BCUT2D eigenvalue weighted by atomic mass is 10.0. The van der Waals surface area contributed by atoms with Crippen molar-refractivity contribution in [3.8, 4) is 0 Å². The number of aromatic nitrogens is 3. The lowest BCUT2D eigenvalue weighted by molar-refractivity contribution is 0.0787. The summed E-state index contributed by atoms with van der Waals surface area (Å²) < 4.78 is 1.91. The van der Waals surface area contributed by atoms with E-state index in [9.17, 15) is 4.79 Å². The van der Waals surface area contributed by atoms with Gasteiger partial charge in [0, 0.05) is 26.2 Å². The van der Waals surface area contributed by atoms with Crippen molar-refractivity contribution < 1.29 is 4.79 Å². The zero-order valence-corrected chi connectivity index (χ0v) is 16.2. The minimum atomic E-state index is 0.0300. The number of aryl methyl sites for hydroxylation is 1. The second-order valence-corrected chi connectivity index (χ2v) is 7.78. The van der Waals surface area contributed by atoms with Gasteiger partial charge in [-0.3, -0.25) is 9.69 Å². The maximum absolute atomic E-state index is 12.5. The number of piperidine rings is 1.